The molecule has 0 saturated heterocycles. The average Bonchev–Trinajstić information content (AvgIpc) is 2.77. The van der Waals surface area contributed by atoms with E-state index in [2.05, 4.69) is 4.72 Å². The highest BCUT2D eigenvalue weighted by Gasteiger charge is 2.16. The Morgan fingerprint density at radius 3 is 2.71 bits per heavy atom. The van der Waals surface area contributed by atoms with Gasteiger partial charge in [-0.25, -0.2) is 13.1 Å². The smallest absolute Gasteiger partial charge is 0.250 e. The molecule has 1 aromatic heterocycles. The molecule has 0 bridgehead atoms. The summed E-state index contributed by atoms with van der Waals surface area (Å²) in [4.78, 5) is 0.822. The average molecular weight is 296 g/mol. The fraction of sp³-hybridized carbons (Fsp3) is 0.556. The van der Waals surface area contributed by atoms with Gasteiger partial charge in [0.25, 0.3) is 0 Å². The molecule has 1 rings (SSSR count). The van der Waals surface area contributed by atoms with Crippen molar-refractivity contribution in [1.29, 1.82) is 0 Å². The van der Waals surface area contributed by atoms with Crippen LogP contribution in [-0.4, -0.2) is 30.7 Å². The van der Waals surface area contributed by atoms with Crippen LogP contribution in [0.15, 0.2) is 16.3 Å². The molecule has 5 nitrogen and oxygen atoms in total. The number of sulfonamides is 1. The molecule has 1 unspecified atom stereocenters. The topological polar surface area (TPSA) is 89.3 Å². The molecule has 3 N–H and O–H groups in total. The van der Waals surface area contributed by atoms with Gasteiger partial charge in [0, 0.05) is 40.3 Å². The van der Waals surface area contributed by atoms with Gasteiger partial charge in [-0.3, -0.25) is 4.21 Å². The molecule has 17 heavy (non-hydrogen) atoms. The van der Waals surface area contributed by atoms with Gasteiger partial charge >= 0.3 is 0 Å². The molecule has 0 aliphatic carbocycles. The first-order valence-corrected chi connectivity index (χ1v) is 8.91. The lowest BCUT2D eigenvalue weighted by molar-refractivity contribution is 0.586. The fourth-order valence-electron chi connectivity index (χ4n) is 1.12. The van der Waals surface area contributed by atoms with E-state index in [9.17, 15) is 12.6 Å². The second kappa shape index (κ2) is 6.60. The number of rotatable bonds is 7. The summed E-state index contributed by atoms with van der Waals surface area (Å²) < 4.78 is 37.4. The van der Waals surface area contributed by atoms with Crippen LogP contribution in [0.2, 0.25) is 0 Å². The Hall–Kier alpha value is -0.280. The second-order valence-corrected chi connectivity index (χ2v) is 8.28. The third kappa shape index (κ3) is 4.47. The standard InChI is InChI=1S/C9H16N2O3S3/c1-2-16(12)6-5-11-17(13,14)9-4-3-8(7-10)15-9/h3-4,11H,2,5-7,10H2,1H3. The molecule has 0 radical (unpaired) electrons. The lowest BCUT2D eigenvalue weighted by Crippen LogP contribution is -2.27. The van der Waals surface area contributed by atoms with Crippen molar-refractivity contribution in [1.82, 2.24) is 4.72 Å². The first-order valence-electron chi connectivity index (χ1n) is 5.13. The molecular formula is C9H16N2O3S3. The van der Waals surface area contributed by atoms with Crippen LogP contribution in [0, 0.1) is 0 Å². The van der Waals surface area contributed by atoms with Crippen molar-refractivity contribution in [2.75, 3.05) is 18.1 Å². The fourth-order valence-corrected chi connectivity index (χ4v) is 4.18. The van der Waals surface area contributed by atoms with Gasteiger partial charge in [-0.2, -0.15) is 0 Å². The van der Waals surface area contributed by atoms with Crippen molar-refractivity contribution in [3.63, 3.8) is 0 Å². The van der Waals surface area contributed by atoms with Crippen molar-refractivity contribution in [2.45, 2.75) is 17.7 Å². The van der Waals surface area contributed by atoms with Gasteiger partial charge in [0.2, 0.25) is 10.0 Å². The molecule has 0 aromatic carbocycles. The van der Waals surface area contributed by atoms with Gasteiger partial charge in [0.1, 0.15) is 4.21 Å². The third-order valence-electron chi connectivity index (χ3n) is 2.05. The lowest BCUT2D eigenvalue weighted by atomic mass is 10.5. The molecular weight excluding hydrogens is 280 g/mol. The van der Waals surface area contributed by atoms with Crippen molar-refractivity contribution in [3.8, 4) is 0 Å². The van der Waals surface area contributed by atoms with E-state index in [0.29, 0.717) is 18.1 Å². The molecule has 0 fully saturated rings. The molecule has 0 aliphatic heterocycles. The highest BCUT2D eigenvalue weighted by Crippen LogP contribution is 2.20. The molecule has 1 aromatic rings. The van der Waals surface area contributed by atoms with E-state index in [4.69, 9.17) is 5.73 Å². The zero-order chi connectivity index (χ0) is 12.9. The van der Waals surface area contributed by atoms with Crippen molar-refractivity contribution >= 4 is 32.2 Å². The largest absolute Gasteiger partial charge is 0.326 e. The lowest BCUT2D eigenvalue weighted by Gasteiger charge is -2.03. The van der Waals surface area contributed by atoms with Crippen LogP contribution in [0.1, 0.15) is 11.8 Å². The summed E-state index contributed by atoms with van der Waals surface area (Å²) in [5, 5.41) is 0. The van der Waals surface area contributed by atoms with Gasteiger partial charge in [0.15, 0.2) is 0 Å². The maximum absolute atomic E-state index is 11.8. The SMILES string of the molecule is CCS(=O)CCNS(=O)(=O)c1ccc(CN)s1. The van der Waals surface area contributed by atoms with E-state index < -0.39 is 20.8 Å². The first kappa shape index (κ1) is 14.8. The second-order valence-electron chi connectivity index (χ2n) is 3.26. The minimum atomic E-state index is -3.47. The zero-order valence-electron chi connectivity index (χ0n) is 9.51. The predicted octanol–water partition coefficient (Wildman–Crippen LogP) is 0.254. The van der Waals surface area contributed by atoms with E-state index in [1.165, 1.54) is 6.07 Å². The van der Waals surface area contributed by atoms with Gasteiger partial charge in [-0.05, 0) is 12.1 Å². The summed E-state index contributed by atoms with van der Waals surface area (Å²) in [5.41, 5.74) is 5.42. The summed E-state index contributed by atoms with van der Waals surface area (Å²) in [7, 11) is -4.43. The summed E-state index contributed by atoms with van der Waals surface area (Å²) in [5.74, 6) is 0.878. The third-order valence-corrected chi connectivity index (χ3v) is 6.41. The van der Waals surface area contributed by atoms with Gasteiger partial charge in [-0.1, -0.05) is 6.92 Å². The Labute approximate surface area is 108 Å². The normalized spacial score (nSPS) is 13.8. The van der Waals surface area contributed by atoms with Crippen LogP contribution >= 0.6 is 11.3 Å². The van der Waals surface area contributed by atoms with Crippen molar-refractivity contribution < 1.29 is 12.6 Å². The Morgan fingerprint density at radius 2 is 2.18 bits per heavy atom. The molecule has 8 heteroatoms. The van der Waals surface area contributed by atoms with Crippen LogP contribution < -0.4 is 10.5 Å². The van der Waals surface area contributed by atoms with E-state index in [1.807, 2.05) is 0 Å². The minimum absolute atomic E-state index is 0.193. The summed E-state index contributed by atoms with van der Waals surface area (Å²) in [6.45, 7) is 2.33. The van der Waals surface area contributed by atoms with Crippen molar-refractivity contribution in [3.05, 3.63) is 17.0 Å². The summed E-state index contributed by atoms with van der Waals surface area (Å²) >= 11 is 1.15. The van der Waals surface area contributed by atoms with Crippen LogP contribution in [-0.2, 0) is 27.4 Å². The maximum Gasteiger partial charge on any atom is 0.250 e. The van der Waals surface area contributed by atoms with E-state index in [-0.39, 0.29) is 10.8 Å². The Bertz CT molecular complexity index is 481. The van der Waals surface area contributed by atoms with Gasteiger partial charge < -0.3 is 5.73 Å². The van der Waals surface area contributed by atoms with E-state index in [0.717, 1.165) is 16.2 Å². The van der Waals surface area contributed by atoms with Crippen LogP contribution in [0.4, 0.5) is 0 Å². The van der Waals surface area contributed by atoms with Gasteiger partial charge in [-0.15, -0.1) is 11.3 Å². The molecule has 0 spiro atoms. The number of thiophene rings is 1. The quantitative estimate of drug-likeness (QED) is 0.755. The number of hydrogen-bond donors (Lipinski definition) is 2. The van der Waals surface area contributed by atoms with E-state index >= 15 is 0 Å². The minimum Gasteiger partial charge on any atom is -0.326 e. The predicted molar refractivity (Wildman–Crippen MR) is 70.9 cm³/mol. The highest BCUT2D eigenvalue weighted by atomic mass is 32.2. The maximum atomic E-state index is 11.8. The van der Waals surface area contributed by atoms with Crippen LogP contribution in [0.3, 0.4) is 0 Å². The van der Waals surface area contributed by atoms with Gasteiger partial charge in [0.05, 0.1) is 0 Å². The molecule has 0 aliphatic rings. The highest BCUT2D eigenvalue weighted by molar-refractivity contribution is 7.91. The monoisotopic (exact) mass is 296 g/mol. The van der Waals surface area contributed by atoms with Crippen LogP contribution in [0.5, 0.6) is 0 Å². The molecule has 0 amide bonds. The molecule has 1 heterocycles. The Kier molecular flexibility index (Phi) is 5.74. The number of hydrogen-bond acceptors (Lipinski definition) is 5. The van der Waals surface area contributed by atoms with Crippen LogP contribution in [0.25, 0.3) is 0 Å². The Balaban J connectivity index is 2.59. The molecule has 1 atom stereocenters. The summed E-state index contributed by atoms with van der Waals surface area (Å²) in [6, 6.07) is 3.23. The number of nitrogens with two attached hydrogens (primary N) is 1. The zero-order valence-corrected chi connectivity index (χ0v) is 12.0. The molecule has 0 saturated carbocycles. The first-order chi connectivity index (χ1) is 7.99. The summed E-state index contributed by atoms with van der Waals surface area (Å²) in [6.07, 6.45) is 0. The van der Waals surface area contributed by atoms with E-state index in [1.54, 1.807) is 13.0 Å². The molecule has 98 valence electrons. The number of nitrogens with one attached hydrogen (secondary N) is 1. The Morgan fingerprint density at radius 1 is 1.47 bits per heavy atom. The van der Waals surface area contributed by atoms with Crippen molar-refractivity contribution in [2.24, 2.45) is 5.73 Å².